The first kappa shape index (κ1) is 20.5. The molecule has 4 rings (SSSR count). The highest BCUT2D eigenvalue weighted by molar-refractivity contribution is 7.15. The van der Waals surface area contributed by atoms with Crippen LogP contribution in [0.15, 0.2) is 18.6 Å². The van der Waals surface area contributed by atoms with Crippen LogP contribution in [0.25, 0.3) is 0 Å². The molecule has 158 valence electrons. The zero-order valence-corrected chi connectivity index (χ0v) is 17.8. The molecule has 30 heavy (non-hydrogen) atoms. The monoisotopic (exact) mass is 428 g/mol. The number of amides is 1. The van der Waals surface area contributed by atoms with Gasteiger partial charge in [0.05, 0.1) is 18.1 Å². The maximum Gasteiger partial charge on any atom is 0.223 e. The lowest BCUT2D eigenvalue weighted by Crippen LogP contribution is -2.33. The molecule has 0 spiro atoms. The van der Waals surface area contributed by atoms with Gasteiger partial charge in [-0.25, -0.2) is 15.0 Å². The van der Waals surface area contributed by atoms with Gasteiger partial charge in [0.15, 0.2) is 5.13 Å². The van der Waals surface area contributed by atoms with Gasteiger partial charge in [-0.05, 0) is 6.92 Å². The predicted molar refractivity (Wildman–Crippen MR) is 110 cm³/mol. The van der Waals surface area contributed by atoms with Crippen LogP contribution in [0.3, 0.4) is 0 Å². The van der Waals surface area contributed by atoms with Crippen LogP contribution in [-0.2, 0) is 11.3 Å². The van der Waals surface area contributed by atoms with Crippen molar-refractivity contribution in [2.45, 2.75) is 57.9 Å². The van der Waals surface area contributed by atoms with Crippen LogP contribution in [0, 0.1) is 17.2 Å². The Hall–Kier alpha value is -2.77. The molecule has 2 atom stereocenters. The fourth-order valence-corrected chi connectivity index (χ4v) is 4.59. The molecule has 2 aliphatic rings. The van der Waals surface area contributed by atoms with Crippen LogP contribution in [0.5, 0.6) is 11.8 Å². The first-order valence-corrected chi connectivity index (χ1v) is 10.8. The summed E-state index contributed by atoms with van der Waals surface area (Å²) < 4.78 is 11.9. The Labute approximate surface area is 179 Å². The fourth-order valence-electron chi connectivity index (χ4n) is 3.70. The number of carbonyl (C=O) groups excluding carboxylic acids is 1. The average molecular weight is 429 g/mol. The average Bonchev–Trinajstić information content (AvgIpc) is 3.24. The molecular formula is C20H24N6O3S. The minimum Gasteiger partial charge on any atom is -0.474 e. The summed E-state index contributed by atoms with van der Waals surface area (Å²) in [5.41, 5.74) is 0. The fraction of sp³-hybridized carbons (Fsp3) is 0.550. The Morgan fingerprint density at radius 2 is 2.00 bits per heavy atom. The molecule has 9 nitrogen and oxygen atoms in total. The van der Waals surface area contributed by atoms with Crippen molar-refractivity contribution in [3.63, 3.8) is 0 Å². The molecule has 1 amide bonds. The minimum absolute atomic E-state index is 0.0251. The van der Waals surface area contributed by atoms with E-state index >= 15 is 0 Å². The van der Waals surface area contributed by atoms with E-state index in [1.54, 1.807) is 6.07 Å². The van der Waals surface area contributed by atoms with Gasteiger partial charge in [0.1, 0.15) is 18.5 Å². The molecular weight excluding hydrogens is 404 g/mol. The summed E-state index contributed by atoms with van der Waals surface area (Å²) >= 11 is 1.49. The number of hydrogen-bond donors (Lipinski definition) is 1. The number of ether oxygens (including phenoxy) is 2. The van der Waals surface area contributed by atoms with Gasteiger partial charge in [0.25, 0.3) is 0 Å². The lowest BCUT2D eigenvalue weighted by Gasteiger charge is -2.30. The van der Waals surface area contributed by atoms with Gasteiger partial charge in [-0.15, -0.1) is 11.3 Å². The quantitative estimate of drug-likeness (QED) is 0.716. The molecule has 2 aromatic rings. The zero-order valence-electron chi connectivity index (χ0n) is 16.9. The van der Waals surface area contributed by atoms with Crippen molar-refractivity contribution >= 4 is 22.4 Å². The van der Waals surface area contributed by atoms with Crippen LogP contribution >= 0.6 is 11.3 Å². The lowest BCUT2D eigenvalue weighted by molar-refractivity contribution is -0.114. The van der Waals surface area contributed by atoms with Crippen molar-refractivity contribution in [1.29, 1.82) is 5.26 Å². The van der Waals surface area contributed by atoms with Crippen molar-refractivity contribution in [1.82, 2.24) is 19.9 Å². The number of hydrogen-bond acceptors (Lipinski definition) is 9. The number of aromatic nitrogens is 3. The van der Waals surface area contributed by atoms with Crippen molar-refractivity contribution in [3.05, 3.63) is 23.5 Å². The molecule has 0 unspecified atom stereocenters. The molecule has 0 radical (unpaired) electrons. The number of rotatable bonds is 7. The van der Waals surface area contributed by atoms with Crippen LogP contribution in [0.2, 0.25) is 0 Å². The Kier molecular flexibility index (Phi) is 6.11. The van der Waals surface area contributed by atoms with Gasteiger partial charge >= 0.3 is 0 Å². The number of anilines is 1. The second kappa shape index (κ2) is 8.93. The van der Waals surface area contributed by atoms with E-state index in [1.165, 1.54) is 24.6 Å². The molecule has 1 aliphatic heterocycles. The molecule has 3 heterocycles. The largest absolute Gasteiger partial charge is 0.474 e. The summed E-state index contributed by atoms with van der Waals surface area (Å²) in [5, 5.41) is 12.2. The summed E-state index contributed by atoms with van der Waals surface area (Å²) in [4.78, 5) is 27.2. The molecule has 0 bridgehead atoms. The first-order valence-electron chi connectivity index (χ1n) is 10.00. The Morgan fingerprint density at radius 3 is 2.70 bits per heavy atom. The molecule has 0 aromatic carbocycles. The van der Waals surface area contributed by atoms with Gasteiger partial charge in [-0.2, -0.15) is 5.26 Å². The summed E-state index contributed by atoms with van der Waals surface area (Å²) in [6.07, 6.45) is 5.70. The summed E-state index contributed by atoms with van der Waals surface area (Å²) in [5.74, 6) is 0.959. The van der Waals surface area contributed by atoms with E-state index in [9.17, 15) is 4.79 Å². The Bertz CT molecular complexity index is 939. The lowest BCUT2D eigenvalue weighted by atomic mass is 9.83. The third-order valence-electron chi connectivity index (χ3n) is 5.33. The standard InChI is InChI=1S/C20H24N6O3S/c1-12-3-16(9-26(12)10-17-8-22-20(30-17)25-13(2)27)29-19-6-18(23-11-24-19)28-15-4-14(5-15)7-21/h6,8,11-12,14-16H,3-5,9-10H2,1-2H3,(H,22,25,27)/t12-,14?,15?,16+/m0/s1. The molecule has 1 saturated carbocycles. The van der Waals surface area contributed by atoms with E-state index in [0.717, 1.165) is 37.2 Å². The summed E-state index contributed by atoms with van der Waals surface area (Å²) in [7, 11) is 0. The van der Waals surface area contributed by atoms with E-state index in [0.29, 0.717) is 22.9 Å². The number of nitrogens with zero attached hydrogens (tertiary/aromatic N) is 5. The number of nitriles is 1. The highest BCUT2D eigenvalue weighted by atomic mass is 32.1. The molecule has 1 N–H and O–H groups in total. The highest BCUT2D eigenvalue weighted by Gasteiger charge is 2.32. The van der Waals surface area contributed by atoms with Gasteiger partial charge < -0.3 is 14.8 Å². The van der Waals surface area contributed by atoms with Crippen LogP contribution in [0.1, 0.15) is 38.0 Å². The second-order valence-corrected chi connectivity index (χ2v) is 8.91. The zero-order chi connectivity index (χ0) is 21.1. The van der Waals surface area contributed by atoms with Gasteiger partial charge in [0.2, 0.25) is 17.7 Å². The third kappa shape index (κ3) is 5.04. The summed E-state index contributed by atoms with van der Waals surface area (Å²) in [6, 6.07) is 4.32. The normalized spacial score (nSPS) is 25.9. The van der Waals surface area contributed by atoms with Crippen molar-refractivity contribution < 1.29 is 14.3 Å². The van der Waals surface area contributed by atoms with E-state index in [1.807, 2.05) is 6.20 Å². The van der Waals surface area contributed by atoms with E-state index < -0.39 is 0 Å². The Morgan fingerprint density at radius 1 is 1.27 bits per heavy atom. The maximum atomic E-state index is 11.2. The van der Waals surface area contributed by atoms with Crippen LogP contribution in [0.4, 0.5) is 5.13 Å². The van der Waals surface area contributed by atoms with E-state index in [-0.39, 0.29) is 24.0 Å². The number of nitrogens with one attached hydrogen (secondary N) is 1. The predicted octanol–water partition coefficient (Wildman–Crippen LogP) is 2.61. The van der Waals surface area contributed by atoms with E-state index in [2.05, 4.69) is 38.2 Å². The molecule has 1 saturated heterocycles. The molecule has 2 fully saturated rings. The van der Waals surface area contributed by atoms with Crippen LogP contribution in [-0.4, -0.2) is 50.6 Å². The summed E-state index contributed by atoms with van der Waals surface area (Å²) in [6.45, 7) is 5.19. The first-order chi connectivity index (χ1) is 14.5. The molecule has 1 aliphatic carbocycles. The second-order valence-electron chi connectivity index (χ2n) is 7.80. The van der Waals surface area contributed by atoms with E-state index in [4.69, 9.17) is 14.7 Å². The number of carbonyl (C=O) groups is 1. The van der Waals surface area contributed by atoms with Crippen molar-refractivity contribution in [3.8, 4) is 17.8 Å². The molecule has 2 aromatic heterocycles. The topological polar surface area (TPSA) is 113 Å². The SMILES string of the molecule is CC(=O)Nc1ncc(CN2C[C@H](Oc3cc(OC4CC(C#N)C4)ncn3)C[C@@H]2C)s1. The van der Waals surface area contributed by atoms with Gasteiger partial charge in [-0.1, -0.05) is 0 Å². The van der Waals surface area contributed by atoms with Crippen molar-refractivity contribution in [2.75, 3.05) is 11.9 Å². The number of thiazole rings is 1. The highest BCUT2D eigenvalue weighted by Crippen LogP contribution is 2.31. The molecule has 10 heteroatoms. The number of likely N-dealkylation sites (tertiary alicyclic amines) is 1. The van der Waals surface area contributed by atoms with Gasteiger partial charge in [0, 0.05) is 56.4 Å². The van der Waals surface area contributed by atoms with Crippen molar-refractivity contribution in [2.24, 2.45) is 5.92 Å². The third-order valence-corrected chi connectivity index (χ3v) is 6.23. The maximum absolute atomic E-state index is 11.2. The minimum atomic E-state index is -0.116. The van der Waals surface area contributed by atoms with Gasteiger partial charge in [-0.3, -0.25) is 9.69 Å². The van der Waals surface area contributed by atoms with Crippen LogP contribution < -0.4 is 14.8 Å². The smallest absolute Gasteiger partial charge is 0.223 e. The Balaban J connectivity index is 1.29.